The predicted octanol–water partition coefficient (Wildman–Crippen LogP) is 14.0. The van der Waals surface area contributed by atoms with Gasteiger partial charge in [0.1, 0.15) is 11.2 Å². The lowest BCUT2D eigenvalue weighted by molar-refractivity contribution is 0.332. The summed E-state index contributed by atoms with van der Waals surface area (Å²) in [7, 11) is 0. The number of aryl methyl sites for hydroxylation is 2. The molecule has 62 heavy (non-hydrogen) atoms. The quantitative estimate of drug-likeness (QED) is 0.165. The first-order valence-corrected chi connectivity index (χ1v) is 22.3. The minimum absolute atomic E-state index is 0.00851. The number of anilines is 6. The molecule has 0 bridgehead atoms. The summed E-state index contributed by atoms with van der Waals surface area (Å²) in [5.74, 6) is 0. The molecule has 4 heteroatoms. The van der Waals surface area contributed by atoms with Gasteiger partial charge < -0.3 is 14.2 Å². The topological polar surface area (TPSA) is 19.6 Å². The molecule has 3 nitrogen and oxygen atoms in total. The fourth-order valence-corrected chi connectivity index (χ4v) is 11.1. The number of hydrogen-bond acceptors (Lipinski definition) is 3. The SMILES string of the molecule is Cc1cc2c3c(c1)N(c1cccc4oc5ccccc5c14)c1ccc(-c4ccccc4)cc1B3c1cc3c(cc1N2c1cc(-c2ccccc2)ccc1C)C(C)(C)CCC3(C)C. The minimum atomic E-state index is -0.00851. The minimum Gasteiger partial charge on any atom is -0.456 e. The second kappa shape index (κ2) is 13.4. The third-order valence-corrected chi connectivity index (χ3v) is 14.5. The maximum absolute atomic E-state index is 6.57. The molecule has 1 aliphatic carbocycles. The highest BCUT2D eigenvalue weighted by molar-refractivity contribution is 7.00. The molecule has 0 atom stereocenters. The summed E-state index contributed by atoms with van der Waals surface area (Å²) in [5.41, 5.74) is 23.5. The molecule has 0 saturated heterocycles. The molecule has 3 aliphatic rings. The van der Waals surface area contributed by atoms with Gasteiger partial charge in [0.15, 0.2) is 0 Å². The van der Waals surface area contributed by atoms with Crippen molar-refractivity contribution in [3.8, 4) is 22.3 Å². The number of fused-ring (bicyclic) bond motifs is 8. The lowest BCUT2D eigenvalue weighted by Crippen LogP contribution is -2.62. The van der Waals surface area contributed by atoms with E-state index in [1.807, 2.05) is 0 Å². The van der Waals surface area contributed by atoms with Crippen molar-refractivity contribution in [3.05, 3.63) is 186 Å². The Hall–Kier alpha value is -6.78. The Labute approximate surface area is 365 Å². The molecule has 0 saturated carbocycles. The van der Waals surface area contributed by atoms with Crippen molar-refractivity contribution in [2.45, 2.75) is 65.2 Å². The first-order chi connectivity index (χ1) is 30.1. The largest absolute Gasteiger partial charge is 0.456 e. The maximum Gasteiger partial charge on any atom is 0.252 e. The molecule has 3 heterocycles. The summed E-state index contributed by atoms with van der Waals surface area (Å²) >= 11 is 0. The Morgan fingerprint density at radius 3 is 1.74 bits per heavy atom. The van der Waals surface area contributed by atoms with Gasteiger partial charge in [0.2, 0.25) is 0 Å². The maximum atomic E-state index is 6.57. The fourth-order valence-electron chi connectivity index (χ4n) is 11.1. The van der Waals surface area contributed by atoms with Crippen LogP contribution in [0.25, 0.3) is 44.2 Å². The summed E-state index contributed by atoms with van der Waals surface area (Å²) in [6, 6.07) is 61.1. The molecule has 0 unspecified atom stereocenters. The van der Waals surface area contributed by atoms with Gasteiger partial charge in [0.05, 0.1) is 11.1 Å². The van der Waals surface area contributed by atoms with Gasteiger partial charge in [-0.3, -0.25) is 0 Å². The normalized spacial score (nSPS) is 15.6. The molecule has 12 rings (SSSR count). The summed E-state index contributed by atoms with van der Waals surface area (Å²) in [6.45, 7) is 14.4. The summed E-state index contributed by atoms with van der Waals surface area (Å²) in [5, 5.41) is 2.26. The van der Waals surface area contributed by atoms with Gasteiger partial charge in [0, 0.05) is 33.8 Å². The summed E-state index contributed by atoms with van der Waals surface area (Å²) < 4.78 is 6.57. The van der Waals surface area contributed by atoms with E-state index in [0.717, 1.165) is 40.5 Å². The molecule has 0 amide bonds. The molecule has 0 spiro atoms. The van der Waals surface area contributed by atoms with E-state index in [1.165, 1.54) is 89.3 Å². The van der Waals surface area contributed by atoms with Gasteiger partial charge in [-0.2, -0.15) is 0 Å². The molecule has 0 N–H and O–H groups in total. The van der Waals surface area contributed by atoms with Crippen LogP contribution < -0.4 is 26.2 Å². The number of rotatable bonds is 4. The van der Waals surface area contributed by atoms with Crippen LogP contribution in [0.15, 0.2) is 168 Å². The predicted molar refractivity (Wildman–Crippen MR) is 263 cm³/mol. The van der Waals surface area contributed by atoms with Crippen LogP contribution in [0.2, 0.25) is 0 Å². The Morgan fingerprint density at radius 1 is 0.452 bits per heavy atom. The number of furan rings is 1. The molecule has 9 aromatic rings. The van der Waals surface area contributed by atoms with Crippen molar-refractivity contribution in [3.63, 3.8) is 0 Å². The van der Waals surface area contributed by atoms with Crippen LogP contribution in [-0.4, -0.2) is 6.71 Å². The van der Waals surface area contributed by atoms with E-state index in [0.29, 0.717) is 0 Å². The van der Waals surface area contributed by atoms with E-state index in [9.17, 15) is 0 Å². The molecule has 2 aliphatic heterocycles. The Kier molecular flexibility index (Phi) is 7.98. The fraction of sp³-hybridized carbons (Fsp3) is 0.172. The van der Waals surface area contributed by atoms with Crippen LogP contribution in [0.1, 0.15) is 62.8 Å². The van der Waals surface area contributed by atoms with E-state index < -0.39 is 0 Å². The van der Waals surface area contributed by atoms with Crippen LogP contribution in [0.5, 0.6) is 0 Å². The zero-order valence-corrected chi connectivity index (χ0v) is 36.4. The molecule has 0 radical (unpaired) electrons. The first-order valence-electron chi connectivity index (χ1n) is 22.3. The zero-order chi connectivity index (χ0) is 42.1. The highest BCUT2D eigenvalue weighted by Crippen LogP contribution is 2.52. The Bertz CT molecular complexity index is 3290. The van der Waals surface area contributed by atoms with Crippen molar-refractivity contribution in [1.29, 1.82) is 0 Å². The lowest BCUT2D eigenvalue weighted by Gasteiger charge is -2.47. The van der Waals surface area contributed by atoms with Crippen molar-refractivity contribution in [2.75, 3.05) is 9.80 Å². The monoisotopic (exact) mass is 800 g/mol. The van der Waals surface area contributed by atoms with Crippen molar-refractivity contribution < 1.29 is 4.42 Å². The van der Waals surface area contributed by atoms with Crippen molar-refractivity contribution in [1.82, 2.24) is 0 Å². The second-order valence-electron chi connectivity index (χ2n) is 19.3. The highest BCUT2D eigenvalue weighted by Gasteiger charge is 2.47. The van der Waals surface area contributed by atoms with Crippen LogP contribution >= 0.6 is 0 Å². The number of hydrogen-bond donors (Lipinski definition) is 0. The van der Waals surface area contributed by atoms with Gasteiger partial charge in [-0.25, -0.2) is 0 Å². The van der Waals surface area contributed by atoms with Crippen LogP contribution in [0.3, 0.4) is 0 Å². The standard InChI is InChI=1S/C58H49BN2O/c1-36-30-51-56-52(31-36)61(49-33-41(25-24-37(49)2)39-18-11-8-12-19-39)50-35-44-43(57(3,4)28-29-58(44,5)6)34-46(50)59(56)45-32-40(38-16-9-7-10-17-38)26-27-47(45)60(51)48-21-15-23-54-55(48)42-20-13-14-22-53(42)62-54/h7-27,30-35H,28-29H2,1-6H3. The molecule has 0 fully saturated rings. The Balaban J connectivity index is 1.22. The first kappa shape index (κ1) is 37.0. The summed E-state index contributed by atoms with van der Waals surface area (Å²) in [4.78, 5) is 5.19. The van der Waals surface area contributed by atoms with E-state index in [1.54, 1.807) is 0 Å². The molecular formula is C58H49BN2O. The van der Waals surface area contributed by atoms with E-state index in [-0.39, 0.29) is 17.5 Å². The van der Waals surface area contributed by atoms with Gasteiger partial charge in [-0.05, 0) is 147 Å². The number of nitrogens with zero attached hydrogens (tertiary/aromatic N) is 2. The summed E-state index contributed by atoms with van der Waals surface area (Å²) in [6.07, 6.45) is 2.31. The second-order valence-corrected chi connectivity index (χ2v) is 19.3. The van der Waals surface area contributed by atoms with Gasteiger partial charge in [-0.15, -0.1) is 0 Å². The zero-order valence-electron chi connectivity index (χ0n) is 36.4. The Morgan fingerprint density at radius 2 is 1.03 bits per heavy atom. The lowest BCUT2D eigenvalue weighted by atomic mass is 9.33. The van der Waals surface area contributed by atoms with Gasteiger partial charge in [-0.1, -0.05) is 143 Å². The average Bonchev–Trinajstić information content (AvgIpc) is 3.67. The van der Waals surface area contributed by atoms with Gasteiger partial charge >= 0.3 is 0 Å². The number of para-hydroxylation sites is 1. The van der Waals surface area contributed by atoms with Crippen LogP contribution in [-0.2, 0) is 10.8 Å². The van der Waals surface area contributed by atoms with E-state index >= 15 is 0 Å². The molecular weight excluding hydrogens is 751 g/mol. The molecule has 1 aromatic heterocycles. The molecule has 8 aromatic carbocycles. The smallest absolute Gasteiger partial charge is 0.252 e. The van der Waals surface area contributed by atoms with Crippen molar-refractivity contribution >= 4 is 79.2 Å². The van der Waals surface area contributed by atoms with Gasteiger partial charge in [0.25, 0.3) is 6.71 Å². The average molecular weight is 801 g/mol. The third-order valence-electron chi connectivity index (χ3n) is 14.5. The third kappa shape index (κ3) is 5.45. The van der Waals surface area contributed by atoms with Crippen molar-refractivity contribution in [2.24, 2.45) is 0 Å². The van der Waals surface area contributed by atoms with Crippen LogP contribution in [0.4, 0.5) is 34.1 Å². The van der Waals surface area contributed by atoms with E-state index in [4.69, 9.17) is 4.42 Å². The molecule has 300 valence electrons. The van der Waals surface area contributed by atoms with E-state index in [2.05, 4.69) is 215 Å². The van der Waals surface area contributed by atoms with Crippen LogP contribution in [0, 0.1) is 13.8 Å². The number of benzene rings is 8. The highest BCUT2D eigenvalue weighted by atomic mass is 16.3.